The molecule has 7 heteroatoms. The number of phenols is 1. The molecule has 1 N–H and O–H groups in total. The van der Waals surface area contributed by atoms with Gasteiger partial charge < -0.3 is 23.9 Å². The summed E-state index contributed by atoms with van der Waals surface area (Å²) in [6.45, 7) is 3.50. The maximum absolute atomic E-state index is 12.3. The number of carbonyl (C=O) groups excluding carboxylic acids is 1. The van der Waals surface area contributed by atoms with Gasteiger partial charge in [-0.05, 0) is 29.8 Å². The number of carbonyl (C=O) groups is 1. The Morgan fingerprint density at radius 2 is 1.80 bits per heavy atom. The van der Waals surface area contributed by atoms with Crippen LogP contribution in [0.15, 0.2) is 34.9 Å². The highest BCUT2D eigenvalue weighted by Gasteiger charge is 2.24. The number of furan rings is 1. The molecule has 0 radical (unpaired) electrons. The quantitative estimate of drug-likeness (QED) is 0.892. The molecule has 0 atom stereocenters. The van der Waals surface area contributed by atoms with E-state index in [4.69, 9.17) is 13.9 Å². The number of aromatic hydroxyl groups is 1. The second-order valence-electron chi connectivity index (χ2n) is 5.89. The van der Waals surface area contributed by atoms with E-state index >= 15 is 0 Å². The monoisotopic (exact) mass is 346 g/mol. The number of amides is 1. The summed E-state index contributed by atoms with van der Waals surface area (Å²) in [6.07, 6.45) is 1.51. The summed E-state index contributed by atoms with van der Waals surface area (Å²) in [4.78, 5) is 16.3. The maximum atomic E-state index is 12.3. The zero-order valence-corrected chi connectivity index (χ0v) is 14.4. The number of phenolic OH excluding ortho intramolecular Hbond substituents is 1. The van der Waals surface area contributed by atoms with Gasteiger partial charge in [0.2, 0.25) is 5.75 Å². The molecule has 0 saturated carbocycles. The second-order valence-corrected chi connectivity index (χ2v) is 5.89. The smallest absolute Gasteiger partial charge is 0.289 e. The topological polar surface area (TPSA) is 75.4 Å². The summed E-state index contributed by atoms with van der Waals surface area (Å²) >= 11 is 0. The Balaban J connectivity index is 1.62. The first-order valence-corrected chi connectivity index (χ1v) is 8.11. The van der Waals surface area contributed by atoms with Gasteiger partial charge in [0, 0.05) is 32.7 Å². The van der Waals surface area contributed by atoms with Crippen molar-refractivity contribution >= 4 is 5.91 Å². The third kappa shape index (κ3) is 3.71. The highest BCUT2D eigenvalue weighted by molar-refractivity contribution is 5.91. The fourth-order valence-corrected chi connectivity index (χ4v) is 2.96. The first-order valence-electron chi connectivity index (χ1n) is 8.11. The van der Waals surface area contributed by atoms with E-state index in [-0.39, 0.29) is 11.7 Å². The highest BCUT2D eigenvalue weighted by atomic mass is 16.5. The van der Waals surface area contributed by atoms with Gasteiger partial charge in [-0.3, -0.25) is 9.69 Å². The Labute approximate surface area is 146 Å². The van der Waals surface area contributed by atoms with Gasteiger partial charge >= 0.3 is 0 Å². The summed E-state index contributed by atoms with van der Waals surface area (Å²) in [5.41, 5.74) is 0.984. The molecule has 134 valence electrons. The molecule has 0 aliphatic carbocycles. The number of methoxy groups -OCH3 is 2. The van der Waals surface area contributed by atoms with Gasteiger partial charge in [-0.1, -0.05) is 0 Å². The maximum Gasteiger partial charge on any atom is 0.289 e. The van der Waals surface area contributed by atoms with Crippen molar-refractivity contribution in [1.82, 2.24) is 9.80 Å². The number of benzene rings is 1. The van der Waals surface area contributed by atoms with Crippen LogP contribution in [0, 0.1) is 0 Å². The molecule has 25 heavy (non-hydrogen) atoms. The lowest BCUT2D eigenvalue weighted by molar-refractivity contribution is 0.0597. The number of hydrogen-bond acceptors (Lipinski definition) is 6. The number of rotatable bonds is 5. The average molecular weight is 346 g/mol. The molecule has 1 fully saturated rings. The lowest BCUT2D eigenvalue weighted by Crippen LogP contribution is -2.48. The molecule has 1 aliphatic heterocycles. The molecular weight excluding hydrogens is 324 g/mol. The zero-order chi connectivity index (χ0) is 17.8. The molecular formula is C18H22N2O5. The van der Waals surface area contributed by atoms with Crippen LogP contribution in [0.2, 0.25) is 0 Å². The molecule has 7 nitrogen and oxygen atoms in total. The Morgan fingerprint density at radius 3 is 2.32 bits per heavy atom. The van der Waals surface area contributed by atoms with Crippen LogP contribution in [0.1, 0.15) is 16.1 Å². The van der Waals surface area contributed by atoms with Crippen LogP contribution in [-0.4, -0.2) is 61.2 Å². The van der Waals surface area contributed by atoms with Gasteiger partial charge in [-0.2, -0.15) is 0 Å². The van der Waals surface area contributed by atoms with Crippen molar-refractivity contribution in [3.63, 3.8) is 0 Å². The summed E-state index contributed by atoms with van der Waals surface area (Å²) in [5.74, 6) is 1.09. The Kier molecular flexibility index (Phi) is 5.14. The predicted octanol–water partition coefficient (Wildman–Crippen LogP) is 1.96. The van der Waals surface area contributed by atoms with Gasteiger partial charge in [-0.25, -0.2) is 0 Å². The van der Waals surface area contributed by atoms with Gasteiger partial charge in [0.25, 0.3) is 5.91 Å². The zero-order valence-electron chi connectivity index (χ0n) is 14.4. The summed E-state index contributed by atoms with van der Waals surface area (Å²) in [5, 5.41) is 9.99. The van der Waals surface area contributed by atoms with E-state index < -0.39 is 0 Å². The SMILES string of the molecule is COc1cc(CN2CCN(C(=O)c3ccco3)CC2)cc(OC)c1O. The van der Waals surface area contributed by atoms with Crippen molar-refractivity contribution in [2.75, 3.05) is 40.4 Å². The van der Waals surface area contributed by atoms with E-state index in [2.05, 4.69) is 4.90 Å². The van der Waals surface area contributed by atoms with E-state index in [1.807, 2.05) is 0 Å². The van der Waals surface area contributed by atoms with Crippen LogP contribution in [0.4, 0.5) is 0 Å². The molecule has 0 spiro atoms. The number of piperazine rings is 1. The van der Waals surface area contributed by atoms with Crippen LogP contribution in [-0.2, 0) is 6.54 Å². The standard InChI is InChI=1S/C18H22N2O5/c1-23-15-10-13(11-16(24-2)17(15)21)12-19-5-7-20(8-6-19)18(22)14-4-3-9-25-14/h3-4,9-11,21H,5-8,12H2,1-2H3. The van der Waals surface area contributed by atoms with Gasteiger partial charge in [0.05, 0.1) is 20.5 Å². The van der Waals surface area contributed by atoms with Crippen molar-refractivity contribution < 1.29 is 23.8 Å². The van der Waals surface area contributed by atoms with Gasteiger partial charge in [0.15, 0.2) is 17.3 Å². The summed E-state index contributed by atoms with van der Waals surface area (Å²) in [6, 6.07) is 7.01. The third-order valence-electron chi connectivity index (χ3n) is 4.34. The van der Waals surface area contributed by atoms with Gasteiger partial charge in [-0.15, -0.1) is 0 Å². The van der Waals surface area contributed by atoms with E-state index in [0.29, 0.717) is 36.9 Å². The molecule has 1 aromatic carbocycles. The molecule has 1 amide bonds. The molecule has 2 aromatic rings. The lowest BCUT2D eigenvalue weighted by Gasteiger charge is -2.34. The van der Waals surface area contributed by atoms with Crippen molar-refractivity contribution in [2.24, 2.45) is 0 Å². The van der Waals surface area contributed by atoms with Crippen LogP contribution in [0.3, 0.4) is 0 Å². The van der Waals surface area contributed by atoms with E-state index in [9.17, 15) is 9.90 Å². The van der Waals surface area contributed by atoms with E-state index in [1.165, 1.54) is 20.5 Å². The number of ether oxygens (including phenoxy) is 2. The number of nitrogens with zero attached hydrogens (tertiary/aromatic N) is 2. The van der Waals surface area contributed by atoms with Crippen LogP contribution in [0.25, 0.3) is 0 Å². The molecule has 1 aromatic heterocycles. The Bertz CT molecular complexity index is 696. The second kappa shape index (κ2) is 7.48. The minimum Gasteiger partial charge on any atom is -0.502 e. The normalized spacial score (nSPS) is 15.2. The summed E-state index contributed by atoms with van der Waals surface area (Å²) < 4.78 is 15.6. The van der Waals surface area contributed by atoms with Crippen molar-refractivity contribution in [3.8, 4) is 17.2 Å². The molecule has 0 unspecified atom stereocenters. The molecule has 2 heterocycles. The minimum absolute atomic E-state index is 0.00242. The fraction of sp³-hybridized carbons (Fsp3) is 0.389. The van der Waals surface area contributed by atoms with Crippen LogP contribution in [0.5, 0.6) is 17.2 Å². The van der Waals surface area contributed by atoms with Gasteiger partial charge in [0.1, 0.15) is 0 Å². The van der Waals surface area contributed by atoms with E-state index in [0.717, 1.165) is 18.7 Å². The fourth-order valence-electron chi connectivity index (χ4n) is 2.96. The average Bonchev–Trinajstić information content (AvgIpc) is 3.17. The van der Waals surface area contributed by atoms with Crippen molar-refractivity contribution in [1.29, 1.82) is 0 Å². The third-order valence-corrected chi connectivity index (χ3v) is 4.34. The predicted molar refractivity (Wildman–Crippen MR) is 91.1 cm³/mol. The minimum atomic E-state index is -0.0716. The van der Waals surface area contributed by atoms with Crippen LogP contribution >= 0.6 is 0 Å². The number of hydrogen-bond donors (Lipinski definition) is 1. The first-order chi connectivity index (χ1) is 12.1. The largest absolute Gasteiger partial charge is 0.502 e. The van der Waals surface area contributed by atoms with Crippen molar-refractivity contribution in [2.45, 2.75) is 6.54 Å². The summed E-state index contributed by atoms with van der Waals surface area (Å²) in [7, 11) is 3.02. The molecule has 1 aliphatic rings. The molecule has 1 saturated heterocycles. The Hall–Kier alpha value is -2.67. The first kappa shape index (κ1) is 17.2. The Morgan fingerprint density at radius 1 is 1.16 bits per heavy atom. The molecule has 0 bridgehead atoms. The van der Waals surface area contributed by atoms with Crippen molar-refractivity contribution in [3.05, 3.63) is 41.9 Å². The lowest BCUT2D eigenvalue weighted by atomic mass is 10.1. The molecule has 3 rings (SSSR count). The van der Waals surface area contributed by atoms with Crippen LogP contribution < -0.4 is 9.47 Å². The highest BCUT2D eigenvalue weighted by Crippen LogP contribution is 2.37. The van der Waals surface area contributed by atoms with E-state index in [1.54, 1.807) is 29.2 Å².